The molecule has 0 fully saturated rings. The third-order valence-corrected chi connectivity index (χ3v) is 11.9. The van der Waals surface area contributed by atoms with Crippen LogP contribution in [0.5, 0.6) is 0 Å². The molecule has 13 rings (SSSR count). The number of hydrogen-bond acceptors (Lipinski definition) is 3. The van der Waals surface area contributed by atoms with Gasteiger partial charge in [0.2, 0.25) is 0 Å². The number of pyridine rings is 1. The number of para-hydroxylation sites is 5. The van der Waals surface area contributed by atoms with Gasteiger partial charge in [0.05, 0.1) is 27.8 Å². The first-order valence-electron chi connectivity index (χ1n) is 19.6. The Kier molecular flexibility index (Phi) is 6.38. The van der Waals surface area contributed by atoms with Crippen molar-refractivity contribution in [3.8, 4) is 33.9 Å². The van der Waals surface area contributed by atoms with Gasteiger partial charge in [-0.25, -0.2) is 4.98 Å². The largest absolute Gasteiger partial charge is 0.456 e. The highest BCUT2D eigenvalue weighted by molar-refractivity contribution is 6.24. The minimum absolute atomic E-state index is 0.838. The van der Waals surface area contributed by atoms with E-state index in [9.17, 15) is 0 Å². The first kappa shape index (κ1) is 31.3. The standard InChI is InChI=1S/C53H31N3O2/c1-2-12-35(13-3-1)55-45-18-8-4-14-36(45)40-24-25-41-37-15-5-9-19-46(37)56(53(41)52(40)55)51-31-34(32-22-26-49-42(28-32)38-16-6-10-20-47(38)57-49)30-44(54-51)33-23-27-50-43(29-33)39-17-7-11-21-48(39)58-50/h1-31H. The highest BCUT2D eigenvalue weighted by Gasteiger charge is 2.23. The third kappa shape index (κ3) is 4.44. The zero-order valence-corrected chi connectivity index (χ0v) is 31.1. The Morgan fingerprint density at radius 3 is 1.48 bits per heavy atom. The molecule has 0 aliphatic rings. The molecule has 0 amide bonds. The Balaban J connectivity index is 1.16. The molecule has 13 aromatic rings. The van der Waals surface area contributed by atoms with Crippen LogP contribution in [0, 0.1) is 0 Å². The van der Waals surface area contributed by atoms with Gasteiger partial charge in [0, 0.05) is 54.3 Å². The average molecular weight is 742 g/mol. The Hall–Kier alpha value is -7.89. The zero-order valence-electron chi connectivity index (χ0n) is 31.1. The number of fused-ring (bicyclic) bond motifs is 13. The van der Waals surface area contributed by atoms with Crippen molar-refractivity contribution in [1.29, 1.82) is 0 Å². The number of aromatic nitrogens is 3. The van der Waals surface area contributed by atoms with Crippen LogP contribution in [0.2, 0.25) is 0 Å². The molecule has 0 saturated heterocycles. The summed E-state index contributed by atoms with van der Waals surface area (Å²) >= 11 is 0. The molecule has 0 unspecified atom stereocenters. The maximum Gasteiger partial charge on any atom is 0.138 e. The van der Waals surface area contributed by atoms with Crippen molar-refractivity contribution < 1.29 is 8.83 Å². The van der Waals surface area contributed by atoms with Crippen molar-refractivity contribution >= 4 is 87.5 Å². The SMILES string of the molecule is c1ccc(-n2c3ccccc3c3ccc4c5ccccc5n(-c5cc(-c6ccc7oc8ccccc8c7c6)cc(-c6ccc7oc8ccccc8c7c6)n5)c4c32)cc1. The van der Waals surface area contributed by atoms with Crippen molar-refractivity contribution in [3.05, 3.63) is 188 Å². The van der Waals surface area contributed by atoms with E-state index in [0.717, 1.165) is 99.8 Å². The average Bonchev–Trinajstić information content (AvgIpc) is 4.04. The third-order valence-electron chi connectivity index (χ3n) is 11.9. The molecule has 0 spiro atoms. The van der Waals surface area contributed by atoms with E-state index in [-0.39, 0.29) is 0 Å². The molecule has 5 heterocycles. The summed E-state index contributed by atoms with van der Waals surface area (Å²) in [6.45, 7) is 0. The quantitative estimate of drug-likeness (QED) is 0.180. The van der Waals surface area contributed by atoms with Gasteiger partial charge in [0.15, 0.2) is 0 Å². The lowest BCUT2D eigenvalue weighted by atomic mass is 10.00. The van der Waals surface area contributed by atoms with Crippen LogP contribution in [0.1, 0.15) is 0 Å². The summed E-state index contributed by atoms with van der Waals surface area (Å²) in [4.78, 5) is 5.61. The lowest BCUT2D eigenvalue weighted by Gasteiger charge is -2.15. The van der Waals surface area contributed by atoms with Crippen LogP contribution in [0.15, 0.2) is 197 Å². The van der Waals surface area contributed by atoms with E-state index in [4.69, 9.17) is 13.8 Å². The fourth-order valence-corrected chi connectivity index (χ4v) is 9.32. The lowest BCUT2D eigenvalue weighted by molar-refractivity contribution is 0.668. The second kappa shape index (κ2) is 11.8. The minimum Gasteiger partial charge on any atom is -0.456 e. The van der Waals surface area contributed by atoms with E-state index in [0.29, 0.717) is 0 Å². The summed E-state index contributed by atoms with van der Waals surface area (Å²) in [6.07, 6.45) is 0. The first-order valence-corrected chi connectivity index (χ1v) is 19.6. The van der Waals surface area contributed by atoms with Gasteiger partial charge in [-0.1, -0.05) is 109 Å². The van der Waals surface area contributed by atoms with Crippen LogP contribution in [0.3, 0.4) is 0 Å². The molecule has 0 saturated carbocycles. The maximum atomic E-state index is 6.27. The Morgan fingerprint density at radius 2 is 0.828 bits per heavy atom. The summed E-state index contributed by atoms with van der Waals surface area (Å²) in [6, 6.07) is 66.6. The van der Waals surface area contributed by atoms with Gasteiger partial charge in [-0.3, -0.25) is 4.57 Å². The Labute approximate surface area is 331 Å². The molecule has 58 heavy (non-hydrogen) atoms. The highest BCUT2D eigenvalue weighted by atomic mass is 16.3. The molecular weight excluding hydrogens is 711 g/mol. The van der Waals surface area contributed by atoms with Crippen molar-refractivity contribution in [2.45, 2.75) is 0 Å². The number of nitrogens with zero attached hydrogens (tertiary/aromatic N) is 3. The van der Waals surface area contributed by atoms with E-state index in [1.165, 1.54) is 21.5 Å². The molecule has 5 aromatic heterocycles. The molecule has 5 heteroatoms. The highest BCUT2D eigenvalue weighted by Crippen LogP contribution is 2.43. The zero-order chi connectivity index (χ0) is 37.9. The molecular formula is C53H31N3O2. The van der Waals surface area contributed by atoms with Crippen molar-refractivity contribution in [2.75, 3.05) is 0 Å². The molecule has 0 atom stereocenters. The molecule has 0 aliphatic carbocycles. The number of rotatable bonds is 4. The van der Waals surface area contributed by atoms with E-state index in [2.05, 4.69) is 173 Å². The topological polar surface area (TPSA) is 49.0 Å². The van der Waals surface area contributed by atoms with Crippen LogP contribution < -0.4 is 0 Å². The maximum absolute atomic E-state index is 6.27. The van der Waals surface area contributed by atoms with Gasteiger partial charge in [0.25, 0.3) is 0 Å². The van der Waals surface area contributed by atoms with Crippen LogP contribution in [-0.2, 0) is 0 Å². The second-order valence-corrected chi connectivity index (χ2v) is 15.1. The second-order valence-electron chi connectivity index (χ2n) is 15.1. The molecule has 5 nitrogen and oxygen atoms in total. The van der Waals surface area contributed by atoms with Crippen molar-refractivity contribution in [1.82, 2.24) is 14.1 Å². The molecule has 0 aliphatic heterocycles. The van der Waals surface area contributed by atoms with Crippen LogP contribution in [0.4, 0.5) is 0 Å². The predicted molar refractivity (Wildman–Crippen MR) is 238 cm³/mol. The lowest BCUT2D eigenvalue weighted by Crippen LogP contribution is -2.02. The monoisotopic (exact) mass is 741 g/mol. The summed E-state index contributed by atoms with van der Waals surface area (Å²) in [5, 5.41) is 9.11. The van der Waals surface area contributed by atoms with Gasteiger partial charge in [-0.05, 0) is 90.0 Å². The summed E-state index contributed by atoms with van der Waals surface area (Å²) in [7, 11) is 0. The van der Waals surface area contributed by atoms with Crippen LogP contribution in [-0.4, -0.2) is 14.1 Å². The fraction of sp³-hybridized carbons (Fsp3) is 0. The molecule has 0 N–H and O–H groups in total. The fourth-order valence-electron chi connectivity index (χ4n) is 9.32. The minimum atomic E-state index is 0.838. The van der Waals surface area contributed by atoms with Crippen molar-refractivity contribution in [3.63, 3.8) is 0 Å². The summed E-state index contributed by atoms with van der Waals surface area (Å²) in [5.41, 5.74) is 13.2. The van der Waals surface area contributed by atoms with Gasteiger partial charge in [-0.2, -0.15) is 0 Å². The van der Waals surface area contributed by atoms with Gasteiger partial charge >= 0.3 is 0 Å². The van der Waals surface area contributed by atoms with E-state index in [1.54, 1.807) is 0 Å². The van der Waals surface area contributed by atoms with Crippen LogP contribution >= 0.6 is 0 Å². The Morgan fingerprint density at radius 1 is 0.328 bits per heavy atom. The van der Waals surface area contributed by atoms with Gasteiger partial charge in [0.1, 0.15) is 28.1 Å². The van der Waals surface area contributed by atoms with E-state index in [1.807, 2.05) is 24.3 Å². The number of hydrogen-bond donors (Lipinski definition) is 0. The number of benzene rings is 8. The Bertz CT molecular complexity index is 3670. The van der Waals surface area contributed by atoms with Gasteiger partial charge in [-0.15, -0.1) is 0 Å². The molecule has 8 aromatic carbocycles. The van der Waals surface area contributed by atoms with E-state index >= 15 is 0 Å². The normalized spacial score (nSPS) is 12.1. The summed E-state index contributed by atoms with van der Waals surface area (Å²) in [5.74, 6) is 0.838. The smallest absolute Gasteiger partial charge is 0.138 e. The molecule has 0 radical (unpaired) electrons. The molecule has 0 bridgehead atoms. The first-order chi connectivity index (χ1) is 28.7. The van der Waals surface area contributed by atoms with E-state index < -0.39 is 0 Å². The number of furan rings is 2. The predicted octanol–water partition coefficient (Wildman–Crippen LogP) is 14.4. The van der Waals surface area contributed by atoms with Crippen LogP contribution in [0.25, 0.3) is 121 Å². The molecule has 270 valence electrons. The van der Waals surface area contributed by atoms with Crippen molar-refractivity contribution in [2.24, 2.45) is 0 Å². The summed E-state index contributed by atoms with van der Waals surface area (Å²) < 4.78 is 17.3. The van der Waals surface area contributed by atoms with Gasteiger partial charge < -0.3 is 13.4 Å².